The van der Waals surface area contributed by atoms with E-state index in [4.69, 9.17) is 11.5 Å². The van der Waals surface area contributed by atoms with Crippen molar-refractivity contribution in [2.75, 3.05) is 0 Å². The van der Waals surface area contributed by atoms with Crippen LogP contribution in [0, 0.1) is 5.92 Å². The van der Waals surface area contributed by atoms with Crippen molar-refractivity contribution in [1.29, 1.82) is 0 Å². The SMILES string of the molecule is C[C@@H](N)C(NC(C)(C)O)(C(N)=O)C1CC1. The number of hydrogen-bond acceptors (Lipinski definition) is 4. The van der Waals surface area contributed by atoms with Crippen LogP contribution in [-0.2, 0) is 4.79 Å². The monoisotopic (exact) mass is 215 g/mol. The van der Waals surface area contributed by atoms with Gasteiger partial charge in [0.05, 0.1) is 0 Å². The minimum Gasteiger partial charge on any atom is -0.376 e. The molecule has 0 aromatic heterocycles. The molecule has 0 bridgehead atoms. The van der Waals surface area contributed by atoms with Gasteiger partial charge in [-0.3, -0.25) is 10.1 Å². The molecule has 88 valence electrons. The number of carbonyl (C=O) groups excluding carboxylic acids is 1. The molecule has 5 nitrogen and oxygen atoms in total. The number of rotatable bonds is 5. The highest BCUT2D eigenvalue weighted by Gasteiger charge is 2.54. The molecule has 0 aliphatic heterocycles. The normalized spacial score (nSPS) is 23.3. The minimum atomic E-state index is -1.16. The average Bonchev–Trinajstić information content (AvgIpc) is 2.79. The lowest BCUT2D eigenvalue weighted by atomic mass is 9.84. The maximum atomic E-state index is 11.6. The van der Waals surface area contributed by atoms with Crippen LogP contribution in [-0.4, -0.2) is 28.3 Å². The molecule has 0 saturated heterocycles. The van der Waals surface area contributed by atoms with Crippen LogP contribution in [0.4, 0.5) is 0 Å². The summed E-state index contributed by atoms with van der Waals surface area (Å²) in [6, 6.07) is -0.422. The van der Waals surface area contributed by atoms with Gasteiger partial charge in [-0.1, -0.05) is 0 Å². The van der Waals surface area contributed by atoms with Crippen molar-refractivity contribution in [2.24, 2.45) is 17.4 Å². The fraction of sp³-hybridized carbons (Fsp3) is 0.900. The van der Waals surface area contributed by atoms with Crippen LogP contribution in [0.15, 0.2) is 0 Å². The van der Waals surface area contributed by atoms with E-state index in [1.807, 2.05) is 0 Å². The Kier molecular flexibility index (Phi) is 3.09. The van der Waals surface area contributed by atoms with Gasteiger partial charge in [0.1, 0.15) is 11.3 Å². The van der Waals surface area contributed by atoms with Gasteiger partial charge in [0.15, 0.2) is 0 Å². The molecule has 0 aromatic carbocycles. The molecule has 5 heteroatoms. The topological polar surface area (TPSA) is 101 Å². The smallest absolute Gasteiger partial charge is 0.239 e. The summed E-state index contributed by atoms with van der Waals surface area (Å²) in [5.41, 5.74) is 9.13. The molecule has 6 N–H and O–H groups in total. The van der Waals surface area contributed by atoms with E-state index in [-0.39, 0.29) is 5.92 Å². The highest BCUT2D eigenvalue weighted by molar-refractivity contribution is 5.86. The van der Waals surface area contributed by atoms with Gasteiger partial charge in [-0.2, -0.15) is 0 Å². The van der Waals surface area contributed by atoms with Crippen LogP contribution in [0.5, 0.6) is 0 Å². The number of nitrogens with one attached hydrogen (secondary N) is 1. The Bertz CT molecular complexity index is 252. The van der Waals surface area contributed by atoms with Gasteiger partial charge < -0.3 is 16.6 Å². The molecule has 0 aromatic rings. The van der Waals surface area contributed by atoms with Crippen LogP contribution in [0.25, 0.3) is 0 Å². The fourth-order valence-electron chi connectivity index (χ4n) is 2.12. The van der Waals surface area contributed by atoms with Crippen LogP contribution in [0.2, 0.25) is 0 Å². The number of carbonyl (C=O) groups is 1. The fourth-order valence-corrected chi connectivity index (χ4v) is 2.12. The van der Waals surface area contributed by atoms with E-state index in [0.29, 0.717) is 0 Å². The Morgan fingerprint density at radius 2 is 2.00 bits per heavy atom. The molecule has 1 amide bonds. The summed E-state index contributed by atoms with van der Waals surface area (Å²) >= 11 is 0. The van der Waals surface area contributed by atoms with Gasteiger partial charge in [-0.15, -0.1) is 0 Å². The largest absolute Gasteiger partial charge is 0.376 e. The first kappa shape index (κ1) is 12.4. The predicted molar refractivity (Wildman–Crippen MR) is 57.7 cm³/mol. The lowest BCUT2D eigenvalue weighted by molar-refractivity contribution is -0.130. The number of aliphatic hydroxyl groups is 1. The third-order valence-electron chi connectivity index (χ3n) is 2.86. The molecule has 1 rings (SSSR count). The van der Waals surface area contributed by atoms with Crippen molar-refractivity contribution in [2.45, 2.75) is 50.9 Å². The zero-order chi connectivity index (χ0) is 11.9. The molecule has 1 saturated carbocycles. The lowest BCUT2D eigenvalue weighted by Crippen LogP contribution is -2.70. The van der Waals surface area contributed by atoms with Crippen molar-refractivity contribution >= 4 is 5.91 Å². The number of amides is 1. The quantitative estimate of drug-likeness (QED) is 0.455. The molecule has 1 fully saturated rings. The van der Waals surface area contributed by atoms with Crippen molar-refractivity contribution in [3.63, 3.8) is 0 Å². The molecular formula is C10H21N3O2. The molecule has 0 spiro atoms. The lowest BCUT2D eigenvalue weighted by Gasteiger charge is -2.40. The summed E-state index contributed by atoms with van der Waals surface area (Å²) in [4.78, 5) is 11.6. The van der Waals surface area contributed by atoms with Gasteiger partial charge in [-0.25, -0.2) is 0 Å². The second kappa shape index (κ2) is 3.73. The maximum Gasteiger partial charge on any atom is 0.239 e. The van der Waals surface area contributed by atoms with Crippen molar-refractivity contribution in [3.05, 3.63) is 0 Å². The van der Waals surface area contributed by atoms with Gasteiger partial charge in [-0.05, 0) is 39.5 Å². The first-order chi connectivity index (χ1) is 6.70. The second-order valence-electron chi connectivity index (χ2n) is 4.98. The zero-order valence-electron chi connectivity index (χ0n) is 9.58. The van der Waals surface area contributed by atoms with Crippen molar-refractivity contribution in [3.8, 4) is 0 Å². The van der Waals surface area contributed by atoms with E-state index < -0.39 is 23.2 Å². The predicted octanol–water partition coefficient (Wildman–Crippen LogP) is -0.714. The van der Waals surface area contributed by atoms with Crippen LogP contribution < -0.4 is 16.8 Å². The van der Waals surface area contributed by atoms with Crippen molar-refractivity contribution < 1.29 is 9.90 Å². The van der Waals surface area contributed by atoms with E-state index in [0.717, 1.165) is 12.8 Å². The van der Waals surface area contributed by atoms with Gasteiger partial charge in [0.2, 0.25) is 5.91 Å². The van der Waals surface area contributed by atoms with E-state index in [2.05, 4.69) is 5.32 Å². The third-order valence-corrected chi connectivity index (χ3v) is 2.86. The number of primary amides is 1. The first-order valence-corrected chi connectivity index (χ1v) is 5.27. The summed E-state index contributed by atoms with van der Waals surface area (Å²) in [5, 5.41) is 12.6. The summed E-state index contributed by atoms with van der Waals surface area (Å²) in [5.74, 6) is -0.344. The Morgan fingerprint density at radius 1 is 1.53 bits per heavy atom. The van der Waals surface area contributed by atoms with E-state index in [1.54, 1.807) is 20.8 Å². The number of hydrogen-bond donors (Lipinski definition) is 4. The molecule has 1 unspecified atom stereocenters. The zero-order valence-corrected chi connectivity index (χ0v) is 9.58. The molecule has 1 aliphatic carbocycles. The maximum absolute atomic E-state index is 11.6. The average molecular weight is 215 g/mol. The van der Waals surface area contributed by atoms with Gasteiger partial charge in [0, 0.05) is 6.04 Å². The summed E-state index contributed by atoms with van der Waals surface area (Å²) < 4.78 is 0. The highest BCUT2D eigenvalue weighted by atomic mass is 16.3. The molecule has 15 heavy (non-hydrogen) atoms. The van der Waals surface area contributed by atoms with Crippen LogP contribution in [0.3, 0.4) is 0 Å². The van der Waals surface area contributed by atoms with Crippen molar-refractivity contribution in [1.82, 2.24) is 5.32 Å². The molecule has 0 heterocycles. The van der Waals surface area contributed by atoms with Crippen LogP contribution in [0.1, 0.15) is 33.6 Å². The Morgan fingerprint density at radius 3 is 2.20 bits per heavy atom. The second-order valence-corrected chi connectivity index (χ2v) is 4.98. The van der Waals surface area contributed by atoms with E-state index in [1.165, 1.54) is 0 Å². The van der Waals surface area contributed by atoms with E-state index >= 15 is 0 Å². The summed E-state index contributed by atoms with van der Waals surface area (Å²) in [7, 11) is 0. The molecular weight excluding hydrogens is 194 g/mol. The Hall–Kier alpha value is -0.650. The molecule has 1 aliphatic rings. The van der Waals surface area contributed by atoms with Gasteiger partial charge in [0.25, 0.3) is 0 Å². The van der Waals surface area contributed by atoms with E-state index in [9.17, 15) is 9.90 Å². The standard InChI is InChI=1S/C10H21N3O2/c1-6(11)10(8(12)14,7-4-5-7)13-9(2,3)15/h6-7,13,15H,4-5,11H2,1-3H3,(H2,12,14)/t6-,10?/m1/s1. The number of nitrogens with two attached hydrogens (primary N) is 2. The van der Waals surface area contributed by atoms with Crippen LogP contribution >= 0.6 is 0 Å². The Balaban J connectivity index is 2.97. The first-order valence-electron chi connectivity index (χ1n) is 5.27. The van der Waals surface area contributed by atoms with Gasteiger partial charge >= 0.3 is 0 Å². The summed E-state index contributed by atoms with van der Waals surface area (Å²) in [6.07, 6.45) is 1.85. The molecule has 2 atom stereocenters. The summed E-state index contributed by atoms with van der Waals surface area (Å²) in [6.45, 7) is 4.90. The Labute approximate surface area is 90.2 Å². The highest BCUT2D eigenvalue weighted by Crippen LogP contribution is 2.41. The third kappa shape index (κ3) is 2.48. The minimum absolute atomic E-state index is 0.140. The molecule has 0 radical (unpaired) electrons.